The summed E-state index contributed by atoms with van der Waals surface area (Å²) in [5, 5.41) is 0. The molecular formula is C9H11ClO. The largest absolute Gasteiger partial charge is 0.358 e. The smallest absolute Gasteiger partial charge is 0.128 e. The predicted octanol–water partition coefficient (Wildman–Crippen LogP) is 2.79. The molecule has 0 heterocycles. The van der Waals surface area contributed by atoms with Crippen LogP contribution >= 0.6 is 11.6 Å². The van der Waals surface area contributed by atoms with E-state index in [1.54, 1.807) is 0 Å². The maximum atomic E-state index is 5.61. The van der Waals surface area contributed by atoms with Crippen LogP contribution in [-0.4, -0.2) is 5.56 Å². The fourth-order valence-electron chi connectivity index (χ4n) is 0.785. The molecular weight excluding hydrogens is 160 g/mol. The molecule has 0 amide bonds. The topological polar surface area (TPSA) is 9.23 Å². The molecule has 1 aromatic rings. The molecule has 0 radical (unpaired) electrons. The fourth-order valence-corrected chi connectivity index (χ4v) is 0.848. The zero-order valence-corrected chi connectivity index (χ0v) is 7.21. The Morgan fingerprint density at radius 2 is 2.00 bits per heavy atom. The summed E-state index contributed by atoms with van der Waals surface area (Å²) in [5.41, 5.74) is 0.940. The number of alkyl halides is 1. The Morgan fingerprint density at radius 3 is 2.55 bits per heavy atom. The molecule has 0 aromatic heterocycles. The van der Waals surface area contributed by atoms with E-state index in [0.29, 0.717) is 6.61 Å². The lowest BCUT2D eigenvalue weighted by molar-refractivity contribution is 0.105. The number of halogens is 1. The van der Waals surface area contributed by atoms with Crippen LogP contribution in [0.3, 0.4) is 0 Å². The van der Waals surface area contributed by atoms with Gasteiger partial charge in [0.25, 0.3) is 0 Å². The van der Waals surface area contributed by atoms with Crippen molar-refractivity contribution in [2.24, 2.45) is 0 Å². The van der Waals surface area contributed by atoms with Crippen LogP contribution in [0.5, 0.6) is 0 Å². The normalized spacial score (nSPS) is 12.9. The molecule has 0 aliphatic rings. The summed E-state index contributed by atoms with van der Waals surface area (Å²) in [6, 6.07) is 9.97. The standard InChI is InChI=1S/C9H11ClO/c1-8(10)11-7-9-5-3-2-4-6-9/h2-6,8H,7H2,1H3/t8-/m1/s1. The fraction of sp³-hybridized carbons (Fsp3) is 0.333. The van der Waals surface area contributed by atoms with Gasteiger partial charge in [-0.15, -0.1) is 0 Å². The second-order valence-electron chi connectivity index (χ2n) is 2.34. The summed E-state index contributed by atoms with van der Waals surface area (Å²) in [5.74, 6) is 0. The molecule has 0 saturated carbocycles. The molecule has 60 valence electrons. The van der Waals surface area contributed by atoms with Crippen molar-refractivity contribution in [3.8, 4) is 0 Å². The maximum absolute atomic E-state index is 5.61. The number of rotatable bonds is 3. The Labute approximate surface area is 71.9 Å². The Balaban J connectivity index is 2.39. The van der Waals surface area contributed by atoms with Crippen LogP contribution in [0.4, 0.5) is 0 Å². The van der Waals surface area contributed by atoms with E-state index in [0.717, 1.165) is 5.56 Å². The predicted molar refractivity (Wildman–Crippen MR) is 46.5 cm³/mol. The van der Waals surface area contributed by atoms with Crippen LogP contribution in [0.25, 0.3) is 0 Å². The van der Waals surface area contributed by atoms with E-state index in [-0.39, 0.29) is 5.56 Å². The van der Waals surface area contributed by atoms with Crippen molar-refractivity contribution in [3.05, 3.63) is 35.9 Å². The van der Waals surface area contributed by atoms with Gasteiger partial charge in [-0.1, -0.05) is 41.9 Å². The third-order valence-electron chi connectivity index (χ3n) is 1.32. The Morgan fingerprint density at radius 1 is 1.36 bits per heavy atom. The van der Waals surface area contributed by atoms with Crippen molar-refractivity contribution in [1.82, 2.24) is 0 Å². The van der Waals surface area contributed by atoms with Crippen molar-refractivity contribution in [3.63, 3.8) is 0 Å². The van der Waals surface area contributed by atoms with Gasteiger partial charge >= 0.3 is 0 Å². The first kappa shape index (κ1) is 8.57. The summed E-state index contributed by atoms with van der Waals surface area (Å²) in [7, 11) is 0. The number of hydrogen-bond acceptors (Lipinski definition) is 1. The first-order valence-corrected chi connectivity index (χ1v) is 4.02. The van der Waals surface area contributed by atoms with Gasteiger partial charge < -0.3 is 4.74 Å². The first-order valence-electron chi connectivity index (χ1n) is 3.58. The molecule has 0 aliphatic heterocycles. The molecule has 1 atom stereocenters. The van der Waals surface area contributed by atoms with Gasteiger partial charge in [-0.2, -0.15) is 0 Å². The summed E-state index contributed by atoms with van der Waals surface area (Å²) >= 11 is 5.61. The van der Waals surface area contributed by atoms with Gasteiger partial charge in [0.15, 0.2) is 0 Å². The van der Waals surface area contributed by atoms with Crippen LogP contribution in [0.1, 0.15) is 12.5 Å². The van der Waals surface area contributed by atoms with E-state index in [1.807, 2.05) is 37.3 Å². The molecule has 0 aliphatic carbocycles. The Kier molecular flexibility index (Phi) is 3.40. The van der Waals surface area contributed by atoms with Gasteiger partial charge in [0.05, 0.1) is 6.61 Å². The van der Waals surface area contributed by atoms with Crippen LogP contribution in [-0.2, 0) is 11.3 Å². The highest BCUT2D eigenvalue weighted by Crippen LogP contribution is 2.04. The van der Waals surface area contributed by atoms with Crippen molar-refractivity contribution in [1.29, 1.82) is 0 Å². The highest BCUT2D eigenvalue weighted by Gasteiger charge is 1.95. The maximum Gasteiger partial charge on any atom is 0.128 e. The summed E-state index contributed by atoms with van der Waals surface area (Å²) in [6.07, 6.45) is 0. The van der Waals surface area contributed by atoms with Crippen LogP contribution in [0, 0.1) is 0 Å². The van der Waals surface area contributed by atoms with E-state index in [9.17, 15) is 0 Å². The minimum atomic E-state index is -0.213. The van der Waals surface area contributed by atoms with Crippen LogP contribution in [0.15, 0.2) is 30.3 Å². The Hall–Kier alpha value is -0.530. The molecule has 0 fully saturated rings. The van der Waals surface area contributed by atoms with Crippen LogP contribution in [0.2, 0.25) is 0 Å². The second-order valence-corrected chi connectivity index (χ2v) is 2.95. The highest BCUT2D eigenvalue weighted by atomic mass is 35.5. The van der Waals surface area contributed by atoms with E-state index in [1.165, 1.54) is 0 Å². The minimum Gasteiger partial charge on any atom is -0.358 e. The van der Waals surface area contributed by atoms with E-state index in [2.05, 4.69) is 0 Å². The van der Waals surface area contributed by atoms with Gasteiger partial charge in [-0.3, -0.25) is 0 Å². The molecule has 0 bridgehead atoms. The second kappa shape index (κ2) is 4.37. The van der Waals surface area contributed by atoms with Crippen molar-refractivity contribution in [2.45, 2.75) is 19.1 Å². The molecule has 1 rings (SSSR count). The average molecular weight is 171 g/mol. The summed E-state index contributed by atoms with van der Waals surface area (Å²) in [6.45, 7) is 2.40. The summed E-state index contributed by atoms with van der Waals surface area (Å²) < 4.78 is 5.19. The van der Waals surface area contributed by atoms with Gasteiger partial charge in [0.1, 0.15) is 5.56 Å². The van der Waals surface area contributed by atoms with Gasteiger partial charge in [0.2, 0.25) is 0 Å². The van der Waals surface area contributed by atoms with Gasteiger partial charge in [-0.05, 0) is 12.5 Å². The lowest BCUT2D eigenvalue weighted by Gasteiger charge is -2.04. The third kappa shape index (κ3) is 3.40. The summed E-state index contributed by atoms with van der Waals surface area (Å²) in [4.78, 5) is 0. The molecule has 0 spiro atoms. The Bertz CT molecular complexity index is 196. The average Bonchev–Trinajstić information content (AvgIpc) is 2.03. The lowest BCUT2D eigenvalue weighted by atomic mass is 10.2. The van der Waals surface area contributed by atoms with E-state index >= 15 is 0 Å². The molecule has 1 aromatic carbocycles. The molecule has 0 N–H and O–H groups in total. The number of ether oxygens (including phenoxy) is 1. The SMILES string of the molecule is C[C@H](Cl)OCc1ccccc1. The zero-order chi connectivity index (χ0) is 8.10. The van der Waals surface area contributed by atoms with Crippen LogP contribution < -0.4 is 0 Å². The van der Waals surface area contributed by atoms with Gasteiger partial charge in [0, 0.05) is 0 Å². The molecule has 2 heteroatoms. The third-order valence-corrected chi connectivity index (χ3v) is 1.45. The number of hydrogen-bond donors (Lipinski definition) is 0. The number of benzene rings is 1. The monoisotopic (exact) mass is 170 g/mol. The first-order chi connectivity index (χ1) is 5.29. The molecule has 0 unspecified atom stereocenters. The van der Waals surface area contributed by atoms with Gasteiger partial charge in [-0.25, -0.2) is 0 Å². The van der Waals surface area contributed by atoms with Crippen molar-refractivity contribution in [2.75, 3.05) is 0 Å². The minimum absolute atomic E-state index is 0.213. The highest BCUT2D eigenvalue weighted by molar-refractivity contribution is 6.19. The molecule has 1 nitrogen and oxygen atoms in total. The van der Waals surface area contributed by atoms with E-state index < -0.39 is 0 Å². The van der Waals surface area contributed by atoms with Crippen molar-refractivity contribution < 1.29 is 4.74 Å². The van der Waals surface area contributed by atoms with Crippen molar-refractivity contribution >= 4 is 11.6 Å². The lowest BCUT2D eigenvalue weighted by Crippen LogP contribution is -1.98. The zero-order valence-electron chi connectivity index (χ0n) is 6.46. The molecule has 11 heavy (non-hydrogen) atoms. The van der Waals surface area contributed by atoms with E-state index in [4.69, 9.17) is 16.3 Å². The molecule has 0 saturated heterocycles. The quantitative estimate of drug-likeness (QED) is 0.634.